The number of hydroxylamine groups is 2. The van der Waals surface area contributed by atoms with Crippen LogP contribution in [0.25, 0.3) is 0 Å². The van der Waals surface area contributed by atoms with Gasteiger partial charge in [-0.3, -0.25) is 10.1 Å². The van der Waals surface area contributed by atoms with E-state index in [4.69, 9.17) is 0 Å². The average molecular weight is 233 g/mol. The fourth-order valence-electron chi connectivity index (χ4n) is 1.40. The molecule has 0 amide bonds. The van der Waals surface area contributed by atoms with E-state index in [2.05, 4.69) is 0 Å². The van der Waals surface area contributed by atoms with Crippen molar-refractivity contribution < 1.29 is 9.68 Å². The van der Waals surface area contributed by atoms with Gasteiger partial charge in [-0.15, -0.1) is 0 Å². The maximum atomic E-state index is 11.5. The zero-order chi connectivity index (χ0) is 12.4. The van der Waals surface area contributed by atoms with Gasteiger partial charge in [0.1, 0.15) is 5.70 Å². The number of nitroso groups, excluding NO2 is 1. The van der Waals surface area contributed by atoms with Crippen molar-refractivity contribution in [2.45, 2.75) is 0 Å². The first kappa shape index (κ1) is 11.0. The summed E-state index contributed by atoms with van der Waals surface area (Å²) in [6.07, 6.45) is 8.85. The van der Waals surface area contributed by atoms with E-state index in [1.165, 1.54) is 18.4 Å². The molecule has 7 heteroatoms. The molecule has 0 bridgehead atoms. The molecule has 0 atom stereocenters. The van der Waals surface area contributed by atoms with Crippen LogP contribution in [0.1, 0.15) is 0 Å². The first-order chi connectivity index (χ1) is 8.09. The van der Waals surface area contributed by atoms with Gasteiger partial charge in [0.15, 0.2) is 0 Å². The Labute approximate surface area is 95.6 Å². The molecule has 17 heavy (non-hydrogen) atoms. The van der Waals surface area contributed by atoms with Crippen molar-refractivity contribution in [2.75, 3.05) is 0 Å². The van der Waals surface area contributed by atoms with Gasteiger partial charge in [0.05, 0.1) is 9.68 Å². The van der Waals surface area contributed by atoms with Gasteiger partial charge < -0.3 is 10.3 Å². The molecule has 2 aliphatic rings. The molecule has 0 fully saturated rings. The lowest BCUT2D eigenvalue weighted by Gasteiger charge is -2.28. The van der Waals surface area contributed by atoms with E-state index < -0.39 is 4.92 Å². The third-order valence-electron chi connectivity index (χ3n) is 2.20. The zero-order valence-electron chi connectivity index (χ0n) is 8.52. The van der Waals surface area contributed by atoms with Crippen molar-refractivity contribution in [1.29, 1.82) is 0 Å². The first-order valence-electron chi connectivity index (χ1n) is 4.66. The van der Waals surface area contributed by atoms with Crippen LogP contribution in [0.3, 0.4) is 0 Å². The van der Waals surface area contributed by atoms with E-state index in [-0.39, 0.29) is 17.1 Å². The highest BCUT2D eigenvalue weighted by Crippen LogP contribution is 2.22. The highest BCUT2D eigenvalue weighted by atomic mass is 16.6. The Morgan fingerprint density at radius 2 is 2.06 bits per heavy atom. The maximum absolute atomic E-state index is 11.5. The van der Waals surface area contributed by atoms with Crippen LogP contribution in [-0.4, -0.2) is 14.7 Å². The number of hydrogen-bond donors (Lipinski definition) is 0. The number of rotatable bonds is 1. The van der Waals surface area contributed by atoms with E-state index in [1.54, 1.807) is 6.08 Å². The predicted octanol–water partition coefficient (Wildman–Crippen LogP) is 1.55. The highest BCUT2D eigenvalue weighted by molar-refractivity contribution is 5.38. The van der Waals surface area contributed by atoms with E-state index in [9.17, 15) is 20.2 Å². The van der Waals surface area contributed by atoms with E-state index >= 15 is 0 Å². The molecule has 0 spiro atoms. The van der Waals surface area contributed by atoms with Crippen LogP contribution < -0.4 is 0 Å². The van der Waals surface area contributed by atoms with Crippen molar-refractivity contribution >= 4 is 0 Å². The minimum atomic E-state index is -0.623. The summed E-state index contributed by atoms with van der Waals surface area (Å²) in [5.74, 6) is 0. The monoisotopic (exact) mass is 233 g/mol. The summed E-state index contributed by atoms with van der Waals surface area (Å²) < 4.78 is 0.480. The van der Waals surface area contributed by atoms with E-state index in [0.29, 0.717) is 9.82 Å². The summed E-state index contributed by atoms with van der Waals surface area (Å²) in [6.45, 7) is 0. The zero-order valence-corrected chi connectivity index (χ0v) is 8.52. The summed E-state index contributed by atoms with van der Waals surface area (Å²) in [5.41, 5.74) is -0.239. The second kappa shape index (κ2) is 4.14. The molecule has 0 aromatic rings. The summed E-state index contributed by atoms with van der Waals surface area (Å²) in [7, 11) is 0. The molecule has 0 unspecified atom stereocenters. The molecule has 0 saturated heterocycles. The smallest absolute Gasteiger partial charge is 0.285 e. The number of hydrogen-bond acceptors (Lipinski definition) is 5. The van der Waals surface area contributed by atoms with E-state index in [0.717, 1.165) is 18.4 Å². The van der Waals surface area contributed by atoms with Crippen LogP contribution in [0.15, 0.2) is 59.9 Å². The third-order valence-corrected chi connectivity index (χ3v) is 2.20. The van der Waals surface area contributed by atoms with Gasteiger partial charge in [0, 0.05) is 29.2 Å². The van der Waals surface area contributed by atoms with Crippen molar-refractivity contribution in [1.82, 2.24) is 5.06 Å². The molecular formula is C10H7N3O4. The first-order valence-corrected chi connectivity index (χ1v) is 4.66. The van der Waals surface area contributed by atoms with E-state index in [1.807, 2.05) is 0 Å². The minimum absolute atomic E-state index is 0.0604. The van der Waals surface area contributed by atoms with Crippen LogP contribution >= 0.6 is 0 Å². The standard InChI is InChI=1S/C10H7N3O4/c14-11-5-2-1-3-9(11)10-7-8(13(16)17)4-6-12(10)15/h1-7H. The Morgan fingerprint density at radius 3 is 2.71 bits per heavy atom. The van der Waals surface area contributed by atoms with Crippen molar-refractivity contribution in [3.8, 4) is 0 Å². The van der Waals surface area contributed by atoms with Crippen LogP contribution in [0.4, 0.5) is 0 Å². The van der Waals surface area contributed by atoms with Crippen LogP contribution in [0.2, 0.25) is 0 Å². The lowest BCUT2D eigenvalue weighted by molar-refractivity contribution is -0.423. The van der Waals surface area contributed by atoms with Crippen molar-refractivity contribution in [2.24, 2.45) is 0 Å². The second-order valence-corrected chi connectivity index (χ2v) is 3.26. The molecule has 0 aromatic heterocycles. The Bertz CT molecular complexity index is 540. The fourth-order valence-corrected chi connectivity index (χ4v) is 1.40. The number of nitrogens with zero attached hydrogens (tertiary/aromatic N) is 3. The lowest BCUT2D eigenvalue weighted by Crippen LogP contribution is -2.17. The highest BCUT2D eigenvalue weighted by Gasteiger charge is 2.24. The average Bonchev–Trinajstić information content (AvgIpc) is 2.30. The second-order valence-electron chi connectivity index (χ2n) is 3.26. The Hall–Kier alpha value is -2.54. The molecule has 2 rings (SSSR count). The Morgan fingerprint density at radius 1 is 1.29 bits per heavy atom. The van der Waals surface area contributed by atoms with Crippen molar-refractivity contribution in [3.05, 3.63) is 80.1 Å². The Kier molecular flexibility index (Phi) is 2.67. The summed E-state index contributed by atoms with van der Waals surface area (Å²) in [5, 5.41) is 22.5. The van der Waals surface area contributed by atoms with Gasteiger partial charge in [-0.05, 0) is 12.3 Å². The molecule has 2 aliphatic heterocycles. The third kappa shape index (κ3) is 2.04. The van der Waals surface area contributed by atoms with Gasteiger partial charge in [-0.25, -0.2) is 0 Å². The van der Waals surface area contributed by atoms with Gasteiger partial charge in [-0.2, -0.15) is 0 Å². The SMILES string of the molecule is O=[N+]([O-])C1=CC(=C2C=CC=C[N+]2=O)N([O-])C=C1. The lowest BCUT2D eigenvalue weighted by atomic mass is 10.2. The summed E-state index contributed by atoms with van der Waals surface area (Å²) in [6, 6.07) is 0. The largest absolute Gasteiger partial charge is 0.754 e. The topological polar surface area (TPSA) is 89.5 Å². The quantitative estimate of drug-likeness (QED) is 0.389. The fraction of sp³-hybridized carbons (Fsp3) is 0. The maximum Gasteiger partial charge on any atom is 0.285 e. The molecule has 0 aromatic carbocycles. The van der Waals surface area contributed by atoms with Crippen molar-refractivity contribution in [3.63, 3.8) is 0 Å². The molecule has 0 aliphatic carbocycles. The molecule has 0 radical (unpaired) electrons. The van der Waals surface area contributed by atoms with Crippen LogP contribution in [0, 0.1) is 20.2 Å². The van der Waals surface area contributed by atoms with Crippen LogP contribution in [-0.2, 0) is 0 Å². The Balaban J connectivity index is 2.50. The van der Waals surface area contributed by atoms with Gasteiger partial charge in [0.25, 0.3) is 11.4 Å². The molecular weight excluding hydrogens is 226 g/mol. The van der Waals surface area contributed by atoms with Gasteiger partial charge in [-0.1, -0.05) is 0 Å². The minimum Gasteiger partial charge on any atom is -0.754 e. The summed E-state index contributed by atoms with van der Waals surface area (Å²) >= 11 is 0. The molecule has 7 nitrogen and oxygen atoms in total. The molecule has 2 heterocycles. The molecule has 0 saturated carbocycles. The van der Waals surface area contributed by atoms with Gasteiger partial charge >= 0.3 is 0 Å². The molecule has 0 N–H and O–H groups in total. The molecule has 86 valence electrons. The normalized spacial score (nSPS) is 23.0. The van der Waals surface area contributed by atoms with Gasteiger partial charge in [0.2, 0.25) is 6.20 Å². The number of allylic oxidation sites excluding steroid dienone is 5. The predicted molar refractivity (Wildman–Crippen MR) is 58.4 cm³/mol. The number of nitro groups is 1. The van der Waals surface area contributed by atoms with Crippen LogP contribution in [0.5, 0.6) is 0 Å². The summed E-state index contributed by atoms with van der Waals surface area (Å²) in [4.78, 5) is 21.4.